The van der Waals surface area contributed by atoms with Gasteiger partial charge in [0.25, 0.3) is 0 Å². The van der Waals surface area contributed by atoms with E-state index in [9.17, 15) is 9.90 Å². The van der Waals surface area contributed by atoms with Crippen LogP contribution in [0.25, 0.3) is 0 Å². The fourth-order valence-corrected chi connectivity index (χ4v) is 4.18. The first-order valence-electron chi connectivity index (χ1n) is 9.75. The van der Waals surface area contributed by atoms with Crippen LogP contribution in [0.2, 0.25) is 5.02 Å². The number of aliphatic carboxylic acids is 1. The summed E-state index contributed by atoms with van der Waals surface area (Å²) in [4.78, 5) is 17.9. The van der Waals surface area contributed by atoms with E-state index >= 15 is 0 Å². The Bertz CT molecular complexity index is 885. The Labute approximate surface area is 174 Å². The SMILES string of the molecule is Nc1c(Cl)cc(CC2CCN(Cc3cccnc3)CC2)c2c1OC(C(=O)O)CO2. The first-order chi connectivity index (χ1) is 14.0. The Morgan fingerprint density at radius 1 is 1.34 bits per heavy atom. The number of aromatic nitrogens is 1. The lowest BCUT2D eigenvalue weighted by atomic mass is 9.89. The normalized spacial score (nSPS) is 19.8. The highest BCUT2D eigenvalue weighted by Crippen LogP contribution is 2.45. The summed E-state index contributed by atoms with van der Waals surface area (Å²) < 4.78 is 11.3. The summed E-state index contributed by atoms with van der Waals surface area (Å²) in [6.45, 7) is 2.91. The van der Waals surface area contributed by atoms with Gasteiger partial charge >= 0.3 is 5.97 Å². The van der Waals surface area contributed by atoms with Crippen molar-refractivity contribution in [2.45, 2.75) is 31.9 Å². The molecule has 0 saturated carbocycles. The van der Waals surface area contributed by atoms with Gasteiger partial charge in [0.2, 0.25) is 6.10 Å². The Kier molecular flexibility index (Phi) is 5.78. The molecule has 4 rings (SSSR count). The molecule has 29 heavy (non-hydrogen) atoms. The summed E-state index contributed by atoms with van der Waals surface area (Å²) in [5.41, 5.74) is 8.39. The fraction of sp³-hybridized carbons (Fsp3) is 0.429. The van der Waals surface area contributed by atoms with Gasteiger partial charge in [-0.15, -0.1) is 0 Å². The number of nitrogens with two attached hydrogens (primary N) is 1. The second-order valence-corrected chi connectivity index (χ2v) is 8.04. The average molecular weight is 418 g/mol. The van der Waals surface area contributed by atoms with Crippen LogP contribution in [0.5, 0.6) is 11.5 Å². The molecule has 1 fully saturated rings. The molecule has 1 aromatic carbocycles. The largest absolute Gasteiger partial charge is 0.485 e. The van der Waals surface area contributed by atoms with Gasteiger partial charge in [-0.25, -0.2) is 4.79 Å². The predicted octanol–water partition coefficient (Wildman–Crippen LogP) is 3.00. The van der Waals surface area contributed by atoms with Gasteiger partial charge < -0.3 is 20.3 Å². The van der Waals surface area contributed by atoms with Crippen LogP contribution in [0.3, 0.4) is 0 Å². The van der Waals surface area contributed by atoms with E-state index in [-0.39, 0.29) is 18.0 Å². The number of anilines is 1. The molecular weight excluding hydrogens is 394 g/mol. The molecule has 0 spiro atoms. The Morgan fingerprint density at radius 3 is 2.83 bits per heavy atom. The van der Waals surface area contributed by atoms with Crippen molar-refractivity contribution in [3.8, 4) is 11.5 Å². The molecule has 3 N–H and O–H groups in total. The summed E-state index contributed by atoms with van der Waals surface area (Å²) in [5, 5.41) is 9.56. The van der Waals surface area contributed by atoms with Gasteiger partial charge in [0.05, 0.1) is 10.7 Å². The van der Waals surface area contributed by atoms with Crippen LogP contribution >= 0.6 is 11.6 Å². The van der Waals surface area contributed by atoms with Crippen LogP contribution in [-0.2, 0) is 17.8 Å². The molecule has 0 amide bonds. The lowest BCUT2D eigenvalue weighted by molar-refractivity contribution is -0.147. The molecule has 2 aliphatic heterocycles. The van der Waals surface area contributed by atoms with Crippen molar-refractivity contribution in [3.05, 3.63) is 46.7 Å². The molecule has 1 aromatic heterocycles. The number of ether oxygens (including phenoxy) is 2. The molecule has 1 saturated heterocycles. The number of halogens is 1. The number of pyridine rings is 1. The highest BCUT2D eigenvalue weighted by molar-refractivity contribution is 6.33. The van der Waals surface area contributed by atoms with E-state index in [2.05, 4.69) is 16.0 Å². The molecular formula is C21H24ClN3O4. The molecule has 2 aromatic rings. The molecule has 2 aliphatic rings. The van der Waals surface area contributed by atoms with Crippen molar-refractivity contribution in [3.63, 3.8) is 0 Å². The van der Waals surface area contributed by atoms with Crippen molar-refractivity contribution in [1.29, 1.82) is 0 Å². The molecule has 154 valence electrons. The maximum Gasteiger partial charge on any atom is 0.348 e. The van der Waals surface area contributed by atoms with E-state index in [4.69, 9.17) is 26.8 Å². The zero-order chi connectivity index (χ0) is 20.4. The Hall–Kier alpha value is -2.51. The number of hydrogen-bond donors (Lipinski definition) is 2. The lowest BCUT2D eigenvalue weighted by Gasteiger charge is -2.33. The van der Waals surface area contributed by atoms with E-state index in [1.54, 1.807) is 6.20 Å². The summed E-state index contributed by atoms with van der Waals surface area (Å²) in [6.07, 6.45) is 5.55. The van der Waals surface area contributed by atoms with Crippen LogP contribution in [0.4, 0.5) is 5.69 Å². The third-order valence-corrected chi connectivity index (χ3v) is 5.87. The molecule has 1 unspecified atom stereocenters. The first-order valence-corrected chi connectivity index (χ1v) is 10.1. The molecule has 1 atom stereocenters. The number of rotatable bonds is 5. The van der Waals surface area contributed by atoms with Crippen molar-refractivity contribution < 1.29 is 19.4 Å². The highest BCUT2D eigenvalue weighted by Gasteiger charge is 2.32. The van der Waals surface area contributed by atoms with Crippen LogP contribution in [0.15, 0.2) is 30.6 Å². The predicted molar refractivity (Wildman–Crippen MR) is 109 cm³/mol. The van der Waals surface area contributed by atoms with Gasteiger partial charge in [-0.05, 0) is 61.5 Å². The van der Waals surface area contributed by atoms with Crippen molar-refractivity contribution >= 4 is 23.3 Å². The number of piperidine rings is 1. The van der Waals surface area contributed by atoms with Crippen molar-refractivity contribution in [2.24, 2.45) is 5.92 Å². The van der Waals surface area contributed by atoms with E-state index in [1.807, 2.05) is 18.3 Å². The zero-order valence-electron chi connectivity index (χ0n) is 16.0. The quantitative estimate of drug-likeness (QED) is 0.721. The second kappa shape index (κ2) is 8.47. The van der Waals surface area contributed by atoms with E-state index in [0.717, 1.165) is 44.5 Å². The van der Waals surface area contributed by atoms with E-state index in [0.29, 0.717) is 16.7 Å². The Morgan fingerprint density at radius 2 is 2.14 bits per heavy atom. The monoisotopic (exact) mass is 417 g/mol. The maximum absolute atomic E-state index is 11.2. The lowest BCUT2D eigenvalue weighted by Crippen LogP contribution is -2.37. The minimum absolute atomic E-state index is 0.0417. The van der Waals surface area contributed by atoms with Crippen molar-refractivity contribution in [2.75, 3.05) is 25.4 Å². The van der Waals surface area contributed by atoms with Crippen LogP contribution in [0, 0.1) is 5.92 Å². The molecule has 8 heteroatoms. The third kappa shape index (κ3) is 4.41. The number of carbonyl (C=O) groups is 1. The van der Waals surface area contributed by atoms with Gasteiger partial charge in [-0.3, -0.25) is 9.88 Å². The van der Waals surface area contributed by atoms with Crippen molar-refractivity contribution in [1.82, 2.24) is 9.88 Å². The number of likely N-dealkylation sites (tertiary alicyclic amines) is 1. The van der Waals surface area contributed by atoms with Gasteiger partial charge in [0, 0.05) is 18.9 Å². The molecule has 3 heterocycles. The zero-order valence-corrected chi connectivity index (χ0v) is 16.8. The second-order valence-electron chi connectivity index (χ2n) is 7.63. The number of benzene rings is 1. The minimum Gasteiger partial charge on any atom is -0.485 e. The Balaban J connectivity index is 1.42. The van der Waals surface area contributed by atoms with Gasteiger partial charge in [0.1, 0.15) is 6.61 Å². The van der Waals surface area contributed by atoms with Gasteiger partial charge in [-0.2, -0.15) is 0 Å². The molecule has 0 aliphatic carbocycles. The number of nitrogen functional groups attached to an aromatic ring is 1. The number of nitrogens with zero attached hydrogens (tertiary/aromatic N) is 2. The van der Waals surface area contributed by atoms with E-state index < -0.39 is 12.1 Å². The third-order valence-electron chi connectivity index (χ3n) is 5.56. The smallest absolute Gasteiger partial charge is 0.348 e. The number of hydrogen-bond acceptors (Lipinski definition) is 6. The first kappa shape index (κ1) is 19.8. The molecule has 0 bridgehead atoms. The topological polar surface area (TPSA) is 97.9 Å². The molecule has 0 radical (unpaired) electrons. The van der Waals surface area contributed by atoms with Gasteiger partial charge in [0.15, 0.2) is 11.5 Å². The summed E-state index contributed by atoms with van der Waals surface area (Å²) in [7, 11) is 0. The minimum atomic E-state index is -1.09. The van der Waals surface area contributed by atoms with Gasteiger partial charge in [-0.1, -0.05) is 17.7 Å². The average Bonchev–Trinajstić information content (AvgIpc) is 2.73. The standard InChI is InChI=1S/C21H24ClN3O4/c22-16-9-15(19-20(18(16)23)29-17(12-28-19)21(26)27)8-13-3-6-25(7-4-13)11-14-2-1-5-24-10-14/h1-2,5,9-10,13,17H,3-4,6-8,11-12,23H2,(H,26,27). The summed E-state index contributed by atoms with van der Waals surface area (Å²) in [6, 6.07) is 5.89. The fourth-order valence-electron chi connectivity index (χ4n) is 3.97. The number of carboxylic acids is 1. The van der Waals surface area contributed by atoms with E-state index in [1.165, 1.54) is 5.56 Å². The maximum atomic E-state index is 11.2. The van der Waals surface area contributed by atoms with Crippen LogP contribution in [-0.4, -0.2) is 46.8 Å². The molecule has 7 nitrogen and oxygen atoms in total. The summed E-state index contributed by atoms with van der Waals surface area (Å²) in [5.74, 6) is 0.185. The number of fused-ring (bicyclic) bond motifs is 1. The van der Waals surface area contributed by atoms with Crippen LogP contribution < -0.4 is 15.2 Å². The summed E-state index contributed by atoms with van der Waals surface area (Å²) >= 11 is 6.29. The highest BCUT2D eigenvalue weighted by atomic mass is 35.5. The number of carboxylic acid groups (broad SMARTS) is 1. The van der Waals surface area contributed by atoms with Crippen LogP contribution in [0.1, 0.15) is 24.0 Å².